The molecule has 0 aliphatic carbocycles. The molecule has 6 nitrogen and oxygen atoms in total. The van der Waals surface area contributed by atoms with Crippen molar-refractivity contribution in [3.05, 3.63) is 35.9 Å². The number of nitrogens with zero attached hydrogens (tertiary/aromatic N) is 1. The molecule has 1 amide bonds. The van der Waals surface area contributed by atoms with Crippen molar-refractivity contribution >= 4 is 16.0 Å². The molecule has 24 heavy (non-hydrogen) atoms. The number of halogens is 3. The topological polar surface area (TPSA) is 72.9 Å². The Labute approximate surface area is 138 Å². The maximum Gasteiger partial charge on any atom is 0.523 e. The van der Waals surface area contributed by atoms with Gasteiger partial charge in [-0.3, -0.25) is 4.79 Å². The second-order valence-electron chi connectivity index (χ2n) is 5.04. The highest BCUT2D eigenvalue weighted by molar-refractivity contribution is 7.87. The van der Waals surface area contributed by atoms with E-state index in [2.05, 4.69) is 4.18 Å². The van der Waals surface area contributed by atoms with Crippen LogP contribution in [0.4, 0.5) is 13.2 Å². The van der Waals surface area contributed by atoms with Crippen molar-refractivity contribution in [1.82, 2.24) is 4.90 Å². The van der Waals surface area contributed by atoms with Crippen LogP contribution < -0.4 is 0 Å². The van der Waals surface area contributed by atoms with Gasteiger partial charge in [0, 0.05) is 20.5 Å². The molecule has 0 aliphatic rings. The molecule has 0 heterocycles. The van der Waals surface area contributed by atoms with Gasteiger partial charge in [-0.05, 0) is 5.56 Å². The minimum atomic E-state index is -5.87. The Morgan fingerprint density at radius 2 is 1.79 bits per heavy atom. The first-order valence-electron chi connectivity index (χ1n) is 6.87. The van der Waals surface area contributed by atoms with Gasteiger partial charge in [0.1, 0.15) is 0 Å². The third kappa shape index (κ3) is 6.10. The van der Waals surface area contributed by atoms with Gasteiger partial charge in [-0.25, -0.2) is 4.18 Å². The Bertz CT molecular complexity index is 632. The normalized spacial score (nSPS) is 13.5. The van der Waals surface area contributed by atoms with E-state index in [1.54, 1.807) is 24.3 Å². The number of hydrogen-bond donors (Lipinski definition) is 0. The average molecular weight is 369 g/mol. The molecule has 0 spiro atoms. The number of benzene rings is 1. The predicted octanol–water partition coefficient (Wildman–Crippen LogP) is 1.92. The molecule has 136 valence electrons. The van der Waals surface area contributed by atoms with Gasteiger partial charge in [0.25, 0.3) is 5.91 Å². The number of carbonyl (C=O) groups is 1. The third-order valence-electron chi connectivity index (χ3n) is 2.88. The molecule has 0 saturated heterocycles. The number of ether oxygens (including phenoxy) is 1. The van der Waals surface area contributed by atoms with Gasteiger partial charge in [0.15, 0.2) is 6.10 Å². The summed E-state index contributed by atoms with van der Waals surface area (Å²) in [6, 6.07) is 8.96. The lowest BCUT2D eigenvalue weighted by Crippen LogP contribution is -2.40. The molecule has 1 aromatic carbocycles. The van der Waals surface area contributed by atoms with Gasteiger partial charge in [0.2, 0.25) is 0 Å². The number of rotatable bonds is 8. The standard InChI is InChI=1S/C14H18F3NO5S/c1-18(2)13(19)12(23-24(20,21)14(15,16)17)8-9-22-10-11-6-4-3-5-7-11/h3-7,12H,8-10H2,1-2H3. The highest BCUT2D eigenvalue weighted by Crippen LogP contribution is 2.26. The Kier molecular flexibility index (Phi) is 7.18. The van der Waals surface area contributed by atoms with Crippen LogP contribution in [0.25, 0.3) is 0 Å². The van der Waals surface area contributed by atoms with Gasteiger partial charge in [-0.2, -0.15) is 21.6 Å². The molecule has 0 aliphatic heterocycles. The van der Waals surface area contributed by atoms with E-state index >= 15 is 0 Å². The van der Waals surface area contributed by atoms with E-state index in [0.717, 1.165) is 10.5 Å². The van der Waals surface area contributed by atoms with E-state index in [4.69, 9.17) is 4.74 Å². The van der Waals surface area contributed by atoms with Crippen LogP contribution in [-0.2, 0) is 30.4 Å². The molecule has 1 atom stereocenters. The van der Waals surface area contributed by atoms with Gasteiger partial charge in [-0.15, -0.1) is 0 Å². The quantitative estimate of drug-likeness (QED) is 0.398. The molecule has 0 radical (unpaired) electrons. The van der Waals surface area contributed by atoms with Crippen LogP contribution in [0.1, 0.15) is 12.0 Å². The zero-order chi connectivity index (χ0) is 18.4. The van der Waals surface area contributed by atoms with Crippen LogP contribution in [0.5, 0.6) is 0 Å². The summed E-state index contributed by atoms with van der Waals surface area (Å²) < 4.78 is 68.7. The first kappa shape index (κ1) is 20.4. The van der Waals surface area contributed by atoms with Crippen LogP contribution in [0.15, 0.2) is 30.3 Å². The summed E-state index contributed by atoms with van der Waals surface area (Å²) in [4.78, 5) is 12.8. The second kappa shape index (κ2) is 8.45. The molecule has 0 aromatic heterocycles. The summed E-state index contributed by atoms with van der Waals surface area (Å²) >= 11 is 0. The fraction of sp³-hybridized carbons (Fsp3) is 0.500. The minimum absolute atomic E-state index is 0.146. The van der Waals surface area contributed by atoms with Crippen molar-refractivity contribution in [3.8, 4) is 0 Å². The summed E-state index contributed by atoms with van der Waals surface area (Å²) in [7, 11) is -3.30. The maximum atomic E-state index is 12.4. The molecule has 0 saturated carbocycles. The molecule has 0 bridgehead atoms. The van der Waals surface area contributed by atoms with E-state index in [1.165, 1.54) is 14.1 Å². The maximum absolute atomic E-state index is 12.4. The molecule has 1 unspecified atom stereocenters. The average Bonchev–Trinajstić information content (AvgIpc) is 2.49. The largest absolute Gasteiger partial charge is 0.523 e. The van der Waals surface area contributed by atoms with Gasteiger partial charge in [-0.1, -0.05) is 30.3 Å². The van der Waals surface area contributed by atoms with Crippen molar-refractivity contribution in [3.63, 3.8) is 0 Å². The summed E-state index contributed by atoms with van der Waals surface area (Å²) in [5, 5.41) is 0. The van der Waals surface area contributed by atoms with Crippen LogP contribution in [0.3, 0.4) is 0 Å². The first-order valence-corrected chi connectivity index (χ1v) is 8.28. The number of hydrogen-bond acceptors (Lipinski definition) is 5. The van der Waals surface area contributed by atoms with E-state index in [-0.39, 0.29) is 19.6 Å². The van der Waals surface area contributed by atoms with Gasteiger partial charge < -0.3 is 9.64 Å². The van der Waals surface area contributed by atoms with Gasteiger partial charge in [0.05, 0.1) is 13.2 Å². The fourth-order valence-electron chi connectivity index (χ4n) is 1.66. The Hall–Kier alpha value is -1.65. The number of amides is 1. The highest BCUT2D eigenvalue weighted by Gasteiger charge is 2.49. The molecule has 0 fully saturated rings. The number of alkyl halides is 3. The fourth-order valence-corrected chi connectivity index (χ4v) is 2.26. The smallest absolute Gasteiger partial charge is 0.377 e. The lowest BCUT2D eigenvalue weighted by atomic mass is 10.2. The third-order valence-corrected chi connectivity index (χ3v) is 3.93. The molecule has 1 rings (SSSR count). The monoisotopic (exact) mass is 369 g/mol. The van der Waals surface area contributed by atoms with Crippen molar-refractivity contribution in [2.45, 2.75) is 24.6 Å². The zero-order valence-electron chi connectivity index (χ0n) is 13.1. The van der Waals surface area contributed by atoms with Crippen molar-refractivity contribution in [2.24, 2.45) is 0 Å². The number of likely N-dealkylation sites (N-methyl/N-ethyl adjacent to an activating group) is 1. The molecule has 10 heteroatoms. The summed E-state index contributed by atoms with van der Waals surface area (Å²) in [5.74, 6) is -0.897. The first-order chi connectivity index (χ1) is 11.0. The van der Waals surface area contributed by atoms with Crippen molar-refractivity contribution in [1.29, 1.82) is 0 Å². The van der Waals surface area contributed by atoms with Crippen LogP contribution >= 0.6 is 0 Å². The summed E-state index contributed by atoms with van der Waals surface area (Å²) in [5.41, 5.74) is -4.76. The molecule has 0 N–H and O–H groups in total. The van der Waals surface area contributed by atoms with Crippen molar-refractivity contribution in [2.75, 3.05) is 20.7 Å². The van der Waals surface area contributed by atoms with E-state index in [0.29, 0.717) is 0 Å². The highest BCUT2D eigenvalue weighted by atomic mass is 32.2. The SMILES string of the molecule is CN(C)C(=O)C(CCOCc1ccccc1)OS(=O)(=O)C(F)(F)F. The number of carbonyl (C=O) groups excluding carboxylic acids is 1. The molecule has 1 aromatic rings. The summed E-state index contributed by atoms with van der Waals surface area (Å²) in [6.07, 6.45) is -2.14. The van der Waals surface area contributed by atoms with E-state index in [9.17, 15) is 26.4 Å². The van der Waals surface area contributed by atoms with Crippen LogP contribution in [0.2, 0.25) is 0 Å². The molecular formula is C14H18F3NO5S. The Morgan fingerprint density at radius 3 is 2.29 bits per heavy atom. The Balaban J connectivity index is 2.65. The van der Waals surface area contributed by atoms with Crippen molar-refractivity contribution < 1.29 is 35.3 Å². The Morgan fingerprint density at radius 1 is 1.21 bits per heavy atom. The lowest BCUT2D eigenvalue weighted by molar-refractivity contribution is -0.137. The van der Waals surface area contributed by atoms with Gasteiger partial charge >= 0.3 is 15.6 Å². The van der Waals surface area contributed by atoms with E-state index in [1.807, 2.05) is 6.07 Å². The lowest BCUT2D eigenvalue weighted by Gasteiger charge is -2.21. The van der Waals surface area contributed by atoms with E-state index < -0.39 is 27.6 Å². The minimum Gasteiger partial charge on any atom is -0.377 e. The second-order valence-corrected chi connectivity index (χ2v) is 6.61. The predicted molar refractivity (Wildman–Crippen MR) is 79.3 cm³/mol. The molecular weight excluding hydrogens is 351 g/mol. The van der Waals surface area contributed by atoms with Crippen LogP contribution in [0, 0.1) is 0 Å². The zero-order valence-corrected chi connectivity index (χ0v) is 13.9. The summed E-state index contributed by atoms with van der Waals surface area (Å²) in [6.45, 7) is 0.0300. The van der Waals surface area contributed by atoms with Crippen LogP contribution in [-0.4, -0.2) is 51.5 Å².